The fraction of sp³-hybridized carbons (Fsp3) is 0.500. The topological polar surface area (TPSA) is 59.4 Å². The van der Waals surface area contributed by atoms with Gasteiger partial charge in [0, 0.05) is 6.54 Å². The molecular formula is C16H21FN4O. The molecule has 1 aromatic rings. The summed E-state index contributed by atoms with van der Waals surface area (Å²) in [5, 5.41) is 15.0. The molecule has 2 atom stereocenters. The van der Waals surface area contributed by atoms with Crippen molar-refractivity contribution < 1.29 is 9.18 Å². The summed E-state index contributed by atoms with van der Waals surface area (Å²) in [6.45, 7) is 5.01. The van der Waals surface area contributed by atoms with Crippen LogP contribution >= 0.6 is 0 Å². The SMILES string of the molecule is CCC(C)C(Nc1ccccc1F)C(=O)N1CCCN1C#N. The molecule has 0 bridgehead atoms. The summed E-state index contributed by atoms with van der Waals surface area (Å²) in [7, 11) is 0. The van der Waals surface area contributed by atoms with E-state index in [0.29, 0.717) is 18.8 Å². The monoisotopic (exact) mass is 304 g/mol. The van der Waals surface area contributed by atoms with Crippen LogP contribution in [-0.4, -0.2) is 35.1 Å². The van der Waals surface area contributed by atoms with E-state index in [1.165, 1.54) is 16.1 Å². The first kappa shape index (κ1) is 16.1. The minimum absolute atomic E-state index is 0.0215. The molecule has 1 amide bonds. The Hall–Kier alpha value is -2.29. The number of hydrogen-bond acceptors (Lipinski definition) is 4. The first-order chi connectivity index (χ1) is 10.6. The number of nitriles is 1. The number of amides is 1. The van der Waals surface area contributed by atoms with Gasteiger partial charge in [0.15, 0.2) is 6.19 Å². The first-order valence-corrected chi connectivity index (χ1v) is 7.58. The molecule has 1 aliphatic heterocycles. The molecule has 0 radical (unpaired) electrons. The Kier molecular flexibility index (Phi) is 5.21. The van der Waals surface area contributed by atoms with E-state index < -0.39 is 6.04 Å². The van der Waals surface area contributed by atoms with Crippen molar-refractivity contribution in [3.8, 4) is 6.19 Å². The maximum Gasteiger partial charge on any atom is 0.264 e. The van der Waals surface area contributed by atoms with Gasteiger partial charge in [-0.25, -0.2) is 14.4 Å². The summed E-state index contributed by atoms with van der Waals surface area (Å²) >= 11 is 0. The average molecular weight is 304 g/mol. The largest absolute Gasteiger partial charge is 0.371 e. The van der Waals surface area contributed by atoms with E-state index in [1.54, 1.807) is 18.2 Å². The van der Waals surface area contributed by atoms with Gasteiger partial charge in [-0.2, -0.15) is 5.26 Å². The summed E-state index contributed by atoms with van der Waals surface area (Å²) < 4.78 is 13.9. The summed E-state index contributed by atoms with van der Waals surface area (Å²) in [5.41, 5.74) is 0.309. The lowest BCUT2D eigenvalue weighted by Crippen LogP contribution is -2.49. The van der Waals surface area contributed by atoms with E-state index in [1.807, 2.05) is 20.0 Å². The number of benzene rings is 1. The van der Waals surface area contributed by atoms with E-state index in [4.69, 9.17) is 5.26 Å². The number of halogens is 1. The van der Waals surface area contributed by atoms with Gasteiger partial charge in [-0.1, -0.05) is 32.4 Å². The van der Waals surface area contributed by atoms with Crippen LogP contribution in [0.5, 0.6) is 0 Å². The molecule has 22 heavy (non-hydrogen) atoms. The normalized spacial score (nSPS) is 17.0. The molecule has 2 unspecified atom stereocenters. The number of anilines is 1. The number of hydrogen-bond donors (Lipinski definition) is 1. The van der Waals surface area contributed by atoms with Gasteiger partial charge in [-0.15, -0.1) is 0 Å². The second-order valence-corrected chi connectivity index (χ2v) is 5.53. The summed E-state index contributed by atoms with van der Waals surface area (Å²) in [5.74, 6) is -0.549. The van der Waals surface area contributed by atoms with Gasteiger partial charge in [0.1, 0.15) is 11.9 Å². The molecule has 118 valence electrons. The third kappa shape index (κ3) is 3.30. The standard InChI is InChI=1S/C16H21FN4O/c1-3-12(2)15(19-14-8-5-4-7-13(14)17)16(22)21-10-6-9-20(21)11-18/h4-5,7-8,12,15,19H,3,6,9-10H2,1-2H3. The van der Waals surface area contributed by atoms with Crippen LogP contribution in [0.25, 0.3) is 0 Å². The van der Waals surface area contributed by atoms with Crippen LogP contribution in [0.1, 0.15) is 26.7 Å². The summed E-state index contributed by atoms with van der Waals surface area (Å²) in [6.07, 6.45) is 3.56. The molecule has 1 fully saturated rings. The molecule has 0 spiro atoms. The van der Waals surface area contributed by atoms with Gasteiger partial charge in [0.05, 0.1) is 12.2 Å². The smallest absolute Gasteiger partial charge is 0.264 e. The van der Waals surface area contributed by atoms with Gasteiger partial charge in [0.2, 0.25) is 0 Å². The predicted molar refractivity (Wildman–Crippen MR) is 81.9 cm³/mol. The van der Waals surface area contributed by atoms with Crippen molar-refractivity contribution in [2.24, 2.45) is 5.92 Å². The Morgan fingerprint density at radius 3 is 2.82 bits per heavy atom. The fourth-order valence-electron chi connectivity index (χ4n) is 2.53. The van der Waals surface area contributed by atoms with Crippen LogP contribution in [0.4, 0.5) is 10.1 Å². The third-order valence-corrected chi connectivity index (χ3v) is 4.06. The fourth-order valence-corrected chi connectivity index (χ4v) is 2.53. The number of rotatable bonds is 5. The highest BCUT2D eigenvalue weighted by molar-refractivity contribution is 5.85. The maximum atomic E-state index is 13.9. The lowest BCUT2D eigenvalue weighted by Gasteiger charge is -2.31. The Morgan fingerprint density at radius 1 is 1.45 bits per heavy atom. The van der Waals surface area contributed by atoms with Gasteiger partial charge < -0.3 is 5.32 Å². The van der Waals surface area contributed by atoms with Crippen LogP contribution in [-0.2, 0) is 4.79 Å². The van der Waals surface area contributed by atoms with Crippen molar-refractivity contribution in [2.75, 3.05) is 18.4 Å². The highest BCUT2D eigenvalue weighted by Crippen LogP contribution is 2.22. The average Bonchev–Trinajstić information content (AvgIpc) is 3.01. The van der Waals surface area contributed by atoms with E-state index in [2.05, 4.69) is 5.32 Å². The summed E-state index contributed by atoms with van der Waals surface area (Å²) in [4.78, 5) is 12.8. The van der Waals surface area contributed by atoms with Crippen molar-refractivity contribution in [1.29, 1.82) is 5.26 Å². The van der Waals surface area contributed by atoms with E-state index in [0.717, 1.165) is 12.8 Å². The summed E-state index contributed by atoms with van der Waals surface area (Å²) in [6, 6.07) is 5.75. The molecule has 2 rings (SSSR count). The van der Waals surface area contributed by atoms with Gasteiger partial charge in [-0.3, -0.25) is 4.79 Å². The number of hydrazine groups is 1. The first-order valence-electron chi connectivity index (χ1n) is 7.58. The van der Waals surface area contributed by atoms with Crippen molar-refractivity contribution in [1.82, 2.24) is 10.0 Å². The van der Waals surface area contributed by atoms with E-state index >= 15 is 0 Å². The number of carbonyl (C=O) groups excluding carboxylic acids is 1. The number of carbonyl (C=O) groups is 1. The molecule has 1 saturated heterocycles. The minimum Gasteiger partial charge on any atom is -0.371 e. The predicted octanol–water partition coefficient (Wildman–Crippen LogP) is 2.58. The van der Waals surface area contributed by atoms with Crippen LogP contribution in [0.3, 0.4) is 0 Å². The molecule has 1 N–H and O–H groups in total. The zero-order chi connectivity index (χ0) is 16.1. The molecule has 6 heteroatoms. The Labute approximate surface area is 130 Å². The van der Waals surface area contributed by atoms with E-state index in [-0.39, 0.29) is 17.6 Å². The quantitative estimate of drug-likeness (QED) is 0.849. The number of para-hydroxylation sites is 1. The molecule has 0 aromatic heterocycles. The van der Waals surface area contributed by atoms with Gasteiger partial charge >= 0.3 is 0 Å². The highest BCUT2D eigenvalue weighted by atomic mass is 19.1. The molecule has 0 aliphatic carbocycles. The molecule has 1 heterocycles. The van der Waals surface area contributed by atoms with Crippen molar-refractivity contribution in [2.45, 2.75) is 32.7 Å². The lowest BCUT2D eigenvalue weighted by atomic mass is 9.97. The zero-order valence-electron chi connectivity index (χ0n) is 12.9. The maximum absolute atomic E-state index is 13.9. The highest BCUT2D eigenvalue weighted by Gasteiger charge is 2.34. The van der Waals surface area contributed by atoms with Crippen molar-refractivity contribution >= 4 is 11.6 Å². The van der Waals surface area contributed by atoms with Crippen LogP contribution in [0, 0.1) is 23.2 Å². The second kappa shape index (κ2) is 7.12. The van der Waals surface area contributed by atoms with Crippen LogP contribution in [0.15, 0.2) is 24.3 Å². The number of nitrogens with one attached hydrogen (secondary N) is 1. The Balaban J connectivity index is 2.21. The number of nitrogens with zero attached hydrogens (tertiary/aromatic N) is 3. The van der Waals surface area contributed by atoms with Gasteiger partial charge in [0.25, 0.3) is 5.91 Å². The minimum atomic E-state index is -0.559. The molecule has 0 saturated carbocycles. The molecular weight excluding hydrogens is 283 g/mol. The van der Waals surface area contributed by atoms with Gasteiger partial charge in [-0.05, 0) is 24.5 Å². The lowest BCUT2D eigenvalue weighted by molar-refractivity contribution is -0.141. The third-order valence-electron chi connectivity index (χ3n) is 4.06. The van der Waals surface area contributed by atoms with Crippen LogP contribution in [0.2, 0.25) is 0 Å². The molecule has 1 aliphatic rings. The van der Waals surface area contributed by atoms with E-state index in [9.17, 15) is 9.18 Å². The van der Waals surface area contributed by atoms with Crippen molar-refractivity contribution in [3.63, 3.8) is 0 Å². The molecule has 5 nitrogen and oxygen atoms in total. The Bertz CT molecular complexity index is 572. The Morgan fingerprint density at radius 2 is 2.18 bits per heavy atom. The van der Waals surface area contributed by atoms with Crippen LogP contribution < -0.4 is 5.32 Å². The van der Waals surface area contributed by atoms with Crippen molar-refractivity contribution in [3.05, 3.63) is 30.1 Å². The molecule has 1 aromatic carbocycles. The zero-order valence-corrected chi connectivity index (χ0v) is 12.9. The second-order valence-electron chi connectivity index (χ2n) is 5.53.